The molecule has 1 fully saturated rings. The highest BCUT2D eigenvalue weighted by atomic mass is 19.1. The second kappa shape index (κ2) is 7.07. The number of nitrogens with zero attached hydrogens (tertiary/aromatic N) is 4. The van der Waals surface area contributed by atoms with Gasteiger partial charge in [-0.25, -0.2) is 4.39 Å². The lowest BCUT2D eigenvalue weighted by atomic mass is 9.94. The van der Waals surface area contributed by atoms with E-state index in [1.54, 1.807) is 29.4 Å². The summed E-state index contributed by atoms with van der Waals surface area (Å²) in [5, 5.41) is 7.62. The second-order valence-electron chi connectivity index (χ2n) is 6.48. The molecule has 1 aliphatic rings. The fourth-order valence-corrected chi connectivity index (χ4v) is 3.51. The Hall–Kier alpha value is -3.02. The van der Waals surface area contributed by atoms with Gasteiger partial charge in [0.05, 0.1) is 6.04 Å². The predicted molar refractivity (Wildman–Crippen MR) is 95.4 cm³/mol. The summed E-state index contributed by atoms with van der Waals surface area (Å²) in [6.45, 7) is 0.706. The lowest BCUT2D eigenvalue weighted by molar-refractivity contribution is 0.0611. The molecule has 1 amide bonds. The van der Waals surface area contributed by atoms with Crippen LogP contribution in [0.5, 0.6) is 0 Å². The number of hydrogen-bond donors (Lipinski definition) is 0. The molecule has 3 aromatic rings. The molecular formula is C20H19FN4O. The summed E-state index contributed by atoms with van der Waals surface area (Å²) in [7, 11) is 0. The van der Waals surface area contributed by atoms with Crippen molar-refractivity contribution in [3.8, 4) is 5.69 Å². The van der Waals surface area contributed by atoms with Crippen LogP contribution in [-0.2, 0) is 0 Å². The number of carbonyl (C=O) groups is 1. The van der Waals surface area contributed by atoms with Crippen LogP contribution >= 0.6 is 0 Å². The molecule has 0 radical (unpaired) electrons. The quantitative estimate of drug-likeness (QED) is 0.722. The van der Waals surface area contributed by atoms with Crippen molar-refractivity contribution < 1.29 is 9.18 Å². The van der Waals surface area contributed by atoms with Crippen LogP contribution in [0.3, 0.4) is 0 Å². The van der Waals surface area contributed by atoms with Crippen LogP contribution in [0, 0.1) is 5.82 Å². The maximum absolute atomic E-state index is 13.3. The molecule has 0 spiro atoms. The number of benzene rings is 2. The number of rotatable bonds is 3. The lowest BCUT2D eigenvalue weighted by Crippen LogP contribution is -2.38. The summed E-state index contributed by atoms with van der Waals surface area (Å²) >= 11 is 0. The van der Waals surface area contributed by atoms with E-state index in [4.69, 9.17) is 0 Å². The normalized spacial score (nSPS) is 17.3. The number of aromatic nitrogens is 3. The third kappa shape index (κ3) is 3.22. The van der Waals surface area contributed by atoms with E-state index in [0.29, 0.717) is 12.1 Å². The number of carbonyl (C=O) groups excluding carboxylic acids is 1. The third-order valence-electron chi connectivity index (χ3n) is 4.83. The molecule has 4 rings (SSSR count). The number of amides is 1. The highest BCUT2D eigenvalue weighted by Crippen LogP contribution is 2.32. The summed E-state index contributed by atoms with van der Waals surface area (Å²) in [6.07, 6.45) is 6.14. The molecule has 0 saturated carbocycles. The average Bonchev–Trinajstić information content (AvgIpc) is 3.23. The number of halogens is 1. The molecule has 1 aliphatic heterocycles. The minimum atomic E-state index is -0.260. The van der Waals surface area contributed by atoms with Gasteiger partial charge in [0.2, 0.25) is 0 Å². The average molecular weight is 350 g/mol. The Morgan fingerprint density at radius 3 is 2.58 bits per heavy atom. The first-order chi connectivity index (χ1) is 12.7. The molecule has 0 N–H and O–H groups in total. The minimum absolute atomic E-state index is 0.00560. The standard InChI is InChI=1S/C20H19FN4O/c21-17-9-7-15(8-10-17)19-6-1-2-11-25(19)20(26)16-4-3-5-18(12-16)24-13-22-23-14-24/h3-5,7-10,12-14,19H,1-2,6,11H2. The summed E-state index contributed by atoms with van der Waals surface area (Å²) in [5.74, 6) is -0.266. The first kappa shape index (κ1) is 16.4. The van der Waals surface area contributed by atoms with Gasteiger partial charge in [-0.3, -0.25) is 9.36 Å². The molecule has 1 saturated heterocycles. The summed E-state index contributed by atoms with van der Waals surface area (Å²) in [4.78, 5) is 15.1. The maximum atomic E-state index is 13.3. The predicted octanol–water partition coefficient (Wildman–Crippen LogP) is 3.77. The van der Waals surface area contributed by atoms with Crippen molar-refractivity contribution in [2.45, 2.75) is 25.3 Å². The molecular weight excluding hydrogens is 331 g/mol. The van der Waals surface area contributed by atoms with Gasteiger partial charge in [-0.2, -0.15) is 0 Å². The van der Waals surface area contributed by atoms with Gasteiger partial charge in [-0.15, -0.1) is 10.2 Å². The molecule has 0 aliphatic carbocycles. The molecule has 1 unspecified atom stereocenters. The summed E-state index contributed by atoms with van der Waals surface area (Å²) < 4.78 is 15.0. The van der Waals surface area contributed by atoms with Gasteiger partial charge in [-0.1, -0.05) is 18.2 Å². The van der Waals surface area contributed by atoms with Crippen LogP contribution in [-0.4, -0.2) is 32.1 Å². The fraction of sp³-hybridized carbons (Fsp3) is 0.250. The number of piperidine rings is 1. The van der Waals surface area contributed by atoms with Gasteiger partial charge < -0.3 is 4.90 Å². The topological polar surface area (TPSA) is 51.0 Å². The Morgan fingerprint density at radius 1 is 1.04 bits per heavy atom. The van der Waals surface area contributed by atoms with E-state index >= 15 is 0 Å². The highest BCUT2D eigenvalue weighted by Gasteiger charge is 2.28. The third-order valence-corrected chi connectivity index (χ3v) is 4.83. The Bertz CT molecular complexity index is 892. The second-order valence-corrected chi connectivity index (χ2v) is 6.48. The van der Waals surface area contributed by atoms with Crippen molar-refractivity contribution in [2.75, 3.05) is 6.54 Å². The van der Waals surface area contributed by atoms with Gasteiger partial charge >= 0.3 is 0 Å². The zero-order valence-electron chi connectivity index (χ0n) is 14.3. The molecule has 2 aromatic carbocycles. The zero-order chi connectivity index (χ0) is 17.9. The SMILES string of the molecule is O=C(c1cccc(-n2cnnc2)c1)N1CCCCC1c1ccc(F)cc1. The zero-order valence-corrected chi connectivity index (χ0v) is 14.3. The summed E-state index contributed by atoms with van der Waals surface area (Å²) in [6, 6.07) is 13.9. The Kier molecular flexibility index (Phi) is 4.48. The van der Waals surface area contributed by atoms with Crippen LogP contribution in [0.4, 0.5) is 4.39 Å². The molecule has 132 valence electrons. The van der Waals surface area contributed by atoms with Gasteiger partial charge in [0, 0.05) is 17.8 Å². The van der Waals surface area contributed by atoms with Crippen molar-refractivity contribution in [2.24, 2.45) is 0 Å². The van der Waals surface area contributed by atoms with E-state index in [1.165, 1.54) is 12.1 Å². The lowest BCUT2D eigenvalue weighted by Gasteiger charge is -2.36. The minimum Gasteiger partial charge on any atom is -0.332 e. The highest BCUT2D eigenvalue weighted by molar-refractivity contribution is 5.95. The largest absolute Gasteiger partial charge is 0.332 e. The van der Waals surface area contributed by atoms with Crippen LogP contribution in [0.1, 0.15) is 41.2 Å². The van der Waals surface area contributed by atoms with Crippen molar-refractivity contribution in [3.63, 3.8) is 0 Å². The molecule has 5 nitrogen and oxygen atoms in total. The van der Waals surface area contributed by atoms with E-state index in [-0.39, 0.29) is 17.8 Å². The Balaban J connectivity index is 1.63. The first-order valence-electron chi connectivity index (χ1n) is 8.74. The Morgan fingerprint density at radius 2 is 1.81 bits per heavy atom. The monoisotopic (exact) mass is 350 g/mol. The molecule has 2 heterocycles. The number of likely N-dealkylation sites (tertiary alicyclic amines) is 1. The Labute approximate surface area is 151 Å². The van der Waals surface area contributed by atoms with Gasteiger partial charge in [0.15, 0.2) is 0 Å². The fourth-order valence-electron chi connectivity index (χ4n) is 3.51. The molecule has 1 aromatic heterocycles. The van der Waals surface area contributed by atoms with Crippen molar-refractivity contribution in [1.82, 2.24) is 19.7 Å². The van der Waals surface area contributed by atoms with E-state index < -0.39 is 0 Å². The van der Waals surface area contributed by atoms with E-state index in [0.717, 1.165) is 30.5 Å². The molecule has 0 bridgehead atoms. The van der Waals surface area contributed by atoms with Crippen molar-refractivity contribution in [1.29, 1.82) is 0 Å². The van der Waals surface area contributed by atoms with Crippen molar-refractivity contribution in [3.05, 3.63) is 78.1 Å². The van der Waals surface area contributed by atoms with Crippen LogP contribution in [0.2, 0.25) is 0 Å². The maximum Gasteiger partial charge on any atom is 0.254 e. The van der Waals surface area contributed by atoms with Gasteiger partial charge in [0.1, 0.15) is 18.5 Å². The van der Waals surface area contributed by atoms with E-state index in [9.17, 15) is 9.18 Å². The van der Waals surface area contributed by atoms with Crippen LogP contribution < -0.4 is 0 Å². The van der Waals surface area contributed by atoms with E-state index in [1.807, 2.05) is 29.2 Å². The van der Waals surface area contributed by atoms with E-state index in [2.05, 4.69) is 10.2 Å². The van der Waals surface area contributed by atoms with Crippen molar-refractivity contribution >= 4 is 5.91 Å². The smallest absolute Gasteiger partial charge is 0.254 e. The summed E-state index contributed by atoms with van der Waals surface area (Å²) in [5.41, 5.74) is 2.45. The first-order valence-corrected chi connectivity index (χ1v) is 8.74. The van der Waals surface area contributed by atoms with Gasteiger partial charge in [0.25, 0.3) is 5.91 Å². The molecule has 1 atom stereocenters. The van der Waals surface area contributed by atoms with Gasteiger partial charge in [-0.05, 0) is 55.2 Å². The number of hydrogen-bond acceptors (Lipinski definition) is 3. The molecule has 6 heteroatoms. The van der Waals surface area contributed by atoms with Crippen LogP contribution in [0.15, 0.2) is 61.2 Å². The molecule has 26 heavy (non-hydrogen) atoms. The van der Waals surface area contributed by atoms with Crippen LogP contribution in [0.25, 0.3) is 5.69 Å².